The number of nitrogens with zero attached hydrogens (tertiary/aromatic N) is 1. The molecule has 2 fully saturated rings. The summed E-state index contributed by atoms with van der Waals surface area (Å²) in [5, 5.41) is 13.1. The molecule has 0 aromatic heterocycles. The lowest BCUT2D eigenvalue weighted by molar-refractivity contribution is -0.126. The zero-order chi connectivity index (χ0) is 16.9. The van der Waals surface area contributed by atoms with Gasteiger partial charge in [0.15, 0.2) is 0 Å². The summed E-state index contributed by atoms with van der Waals surface area (Å²) < 4.78 is 0. The molecule has 2 aliphatic rings. The van der Waals surface area contributed by atoms with Gasteiger partial charge in [-0.15, -0.1) is 0 Å². The summed E-state index contributed by atoms with van der Waals surface area (Å²) in [6.45, 7) is 0.702. The fourth-order valence-electron chi connectivity index (χ4n) is 3.78. The quantitative estimate of drug-likeness (QED) is 0.868. The molecule has 0 spiro atoms. The molecule has 3 rings (SSSR count). The third-order valence-corrected chi connectivity index (χ3v) is 5.24. The Bertz CT molecular complexity index is 569. The Morgan fingerprint density at radius 2 is 1.92 bits per heavy atom. The van der Waals surface area contributed by atoms with Gasteiger partial charge < -0.3 is 15.3 Å². The van der Waals surface area contributed by atoms with E-state index in [-0.39, 0.29) is 24.2 Å². The maximum atomic E-state index is 12.4. The predicted molar refractivity (Wildman–Crippen MR) is 92.5 cm³/mol. The van der Waals surface area contributed by atoms with Crippen LogP contribution in [-0.4, -0.2) is 36.1 Å². The summed E-state index contributed by atoms with van der Waals surface area (Å²) in [4.78, 5) is 26.2. The smallest absolute Gasteiger partial charge is 0.227 e. The molecule has 0 radical (unpaired) electrons. The fourth-order valence-corrected chi connectivity index (χ4v) is 3.78. The second kappa shape index (κ2) is 7.79. The first kappa shape index (κ1) is 17.0. The zero-order valence-corrected chi connectivity index (χ0v) is 14.0. The van der Waals surface area contributed by atoms with Crippen molar-refractivity contribution in [3.8, 4) is 0 Å². The molecule has 1 aliphatic heterocycles. The van der Waals surface area contributed by atoms with Crippen LogP contribution in [0.1, 0.15) is 38.5 Å². The Morgan fingerprint density at radius 1 is 1.21 bits per heavy atom. The molecule has 1 heterocycles. The first-order valence-electron chi connectivity index (χ1n) is 8.96. The number of rotatable bonds is 5. The van der Waals surface area contributed by atoms with Crippen LogP contribution < -0.4 is 10.2 Å². The highest BCUT2D eigenvalue weighted by Gasteiger charge is 2.35. The Balaban J connectivity index is 1.50. The van der Waals surface area contributed by atoms with Crippen LogP contribution in [0.2, 0.25) is 0 Å². The van der Waals surface area contributed by atoms with Crippen molar-refractivity contribution < 1.29 is 14.7 Å². The number of carbonyl (C=O) groups excluding carboxylic acids is 2. The van der Waals surface area contributed by atoms with Gasteiger partial charge in [0.2, 0.25) is 11.8 Å². The van der Waals surface area contributed by atoms with E-state index in [1.54, 1.807) is 4.90 Å². The summed E-state index contributed by atoms with van der Waals surface area (Å²) in [7, 11) is 0. The van der Waals surface area contributed by atoms with Gasteiger partial charge in [-0.2, -0.15) is 0 Å². The number of nitrogens with one attached hydrogen (secondary N) is 1. The van der Waals surface area contributed by atoms with Crippen LogP contribution in [0.15, 0.2) is 30.3 Å². The van der Waals surface area contributed by atoms with Crippen LogP contribution in [0.4, 0.5) is 5.69 Å². The van der Waals surface area contributed by atoms with E-state index >= 15 is 0 Å². The summed E-state index contributed by atoms with van der Waals surface area (Å²) in [6.07, 6.45) is 5.42. The van der Waals surface area contributed by atoms with Gasteiger partial charge in [0.05, 0.1) is 12.0 Å². The Kier molecular flexibility index (Phi) is 5.51. The third-order valence-electron chi connectivity index (χ3n) is 5.24. The zero-order valence-electron chi connectivity index (χ0n) is 14.0. The van der Waals surface area contributed by atoms with Gasteiger partial charge in [-0.05, 0) is 30.9 Å². The molecule has 1 saturated heterocycles. The molecule has 1 aromatic carbocycles. The van der Waals surface area contributed by atoms with Crippen LogP contribution in [0.25, 0.3) is 0 Å². The molecule has 2 N–H and O–H groups in total. The van der Waals surface area contributed by atoms with Crippen molar-refractivity contribution in [2.75, 3.05) is 18.0 Å². The summed E-state index contributed by atoms with van der Waals surface area (Å²) in [5.74, 6) is -0.188. The highest BCUT2D eigenvalue weighted by atomic mass is 16.3. The van der Waals surface area contributed by atoms with Crippen molar-refractivity contribution in [1.29, 1.82) is 0 Å². The number of carbonyl (C=O) groups is 2. The number of hydrogen-bond acceptors (Lipinski definition) is 3. The van der Waals surface area contributed by atoms with Crippen LogP contribution in [0.3, 0.4) is 0 Å². The highest BCUT2D eigenvalue weighted by molar-refractivity contribution is 6.00. The van der Waals surface area contributed by atoms with E-state index in [0.717, 1.165) is 18.5 Å². The molecular weight excluding hydrogens is 304 g/mol. The molecule has 1 aromatic rings. The summed E-state index contributed by atoms with van der Waals surface area (Å²) >= 11 is 0. The number of para-hydroxylation sites is 1. The topological polar surface area (TPSA) is 69.6 Å². The molecule has 2 amide bonds. The van der Waals surface area contributed by atoms with Crippen LogP contribution in [-0.2, 0) is 9.59 Å². The van der Waals surface area contributed by atoms with Gasteiger partial charge in [-0.25, -0.2) is 0 Å². The standard InChI is InChI=1S/C19H26N2O3/c22-17(14-7-3-1-4-8-14)12-20-19(24)15-11-18(23)21(13-15)16-9-5-2-6-10-16/h2,5-6,9-10,14-15,17,22H,1,3-4,7-8,11-13H2,(H,20,24). The Hall–Kier alpha value is -1.88. The van der Waals surface area contributed by atoms with Gasteiger partial charge in [-0.1, -0.05) is 37.5 Å². The predicted octanol–water partition coefficient (Wildman–Crippen LogP) is 2.10. The molecule has 2 atom stereocenters. The Labute approximate surface area is 143 Å². The van der Waals surface area contributed by atoms with Gasteiger partial charge in [0.1, 0.15) is 0 Å². The number of hydrogen-bond donors (Lipinski definition) is 2. The van der Waals surface area contributed by atoms with E-state index in [0.29, 0.717) is 19.0 Å². The van der Waals surface area contributed by atoms with Gasteiger partial charge in [0.25, 0.3) is 0 Å². The van der Waals surface area contributed by atoms with Crippen molar-refractivity contribution in [2.24, 2.45) is 11.8 Å². The molecule has 0 bridgehead atoms. The van der Waals surface area contributed by atoms with Gasteiger partial charge in [0, 0.05) is 25.2 Å². The van der Waals surface area contributed by atoms with Crippen LogP contribution >= 0.6 is 0 Å². The normalized spacial score (nSPS) is 23.3. The van der Waals surface area contributed by atoms with E-state index in [4.69, 9.17) is 0 Å². The maximum absolute atomic E-state index is 12.4. The minimum atomic E-state index is -0.475. The second-order valence-electron chi connectivity index (χ2n) is 6.95. The van der Waals surface area contributed by atoms with Crippen LogP contribution in [0.5, 0.6) is 0 Å². The number of aliphatic hydroxyl groups excluding tert-OH is 1. The van der Waals surface area contributed by atoms with Crippen molar-refractivity contribution in [2.45, 2.75) is 44.6 Å². The third kappa shape index (κ3) is 3.96. The largest absolute Gasteiger partial charge is 0.391 e. The van der Waals surface area contributed by atoms with Gasteiger partial charge in [-0.3, -0.25) is 9.59 Å². The number of benzene rings is 1. The average Bonchev–Trinajstić information content (AvgIpc) is 3.02. The minimum absolute atomic E-state index is 0.0193. The molecular formula is C19H26N2O3. The van der Waals surface area contributed by atoms with E-state index < -0.39 is 6.10 Å². The van der Waals surface area contributed by atoms with E-state index in [1.165, 1.54) is 19.3 Å². The maximum Gasteiger partial charge on any atom is 0.227 e. The monoisotopic (exact) mass is 330 g/mol. The molecule has 130 valence electrons. The lowest BCUT2D eigenvalue weighted by Gasteiger charge is -2.27. The van der Waals surface area contributed by atoms with Crippen molar-refractivity contribution in [3.63, 3.8) is 0 Å². The Morgan fingerprint density at radius 3 is 2.62 bits per heavy atom. The van der Waals surface area contributed by atoms with E-state index in [1.807, 2.05) is 30.3 Å². The molecule has 24 heavy (non-hydrogen) atoms. The molecule has 1 saturated carbocycles. The van der Waals surface area contributed by atoms with E-state index in [2.05, 4.69) is 5.32 Å². The molecule has 5 nitrogen and oxygen atoms in total. The van der Waals surface area contributed by atoms with E-state index in [9.17, 15) is 14.7 Å². The average molecular weight is 330 g/mol. The number of aliphatic hydroxyl groups is 1. The lowest BCUT2D eigenvalue weighted by atomic mass is 9.85. The van der Waals surface area contributed by atoms with Crippen molar-refractivity contribution in [1.82, 2.24) is 5.32 Å². The molecule has 5 heteroatoms. The minimum Gasteiger partial charge on any atom is -0.391 e. The molecule has 2 unspecified atom stereocenters. The molecule has 1 aliphatic carbocycles. The highest BCUT2D eigenvalue weighted by Crippen LogP contribution is 2.27. The summed E-state index contributed by atoms with van der Waals surface area (Å²) in [5.41, 5.74) is 0.833. The van der Waals surface area contributed by atoms with Crippen molar-refractivity contribution in [3.05, 3.63) is 30.3 Å². The first-order valence-corrected chi connectivity index (χ1v) is 8.96. The van der Waals surface area contributed by atoms with Crippen LogP contribution in [0, 0.1) is 11.8 Å². The van der Waals surface area contributed by atoms with Gasteiger partial charge >= 0.3 is 0 Å². The SMILES string of the molecule is O=C(NCC(O)C1CCCCC1)C1CC(=O)N(c2ccccc2)C1. The number of anilines is 1. The number of amides is 2. The first-order chi connectivity index (χ1) is 11.6. The summed E-state index contributed by atoms with van der Waals surface area (Å²) in [6, 6.07) is 9.43. The lowest BCUT2D eigenvalue weighted by Crippen LogP contribution is -2.40. The fraction of sp³-hybridized carbons (Fsp3) is 0.579. The van der Waals surface area contributed by atoms with Crippen molar-refractivity contribution >= 4 is 17.5 Å². The second-order valence-corrected chi connectivity index (χ2v) is 6.95.